The molecule has 0 radical (unpaired) electrons. The molecule has 0 amide bonds. The van der Waals surface area contributed by atoms with Crippen molar-refractivity contribution in [3.05, 3.63) is 41.2 Å². The van der Waals surface area contributed by atoms with E-state index in [0.29, 0.717) is 11.2 Å². The van der Waals surface area contributed by atoms with Gasteiger partial charge in [-0.2, -0.15) is 0 Å². The Labute approximate surface area is 119 Å². The number of rotatable bonds is 4. The fraction of sp³-hybridized carbons (Fsp3) is 0.308. The van der Waals surface area contributed by atoms with Gasteiger partial charge in [0.2, 0.25) is 0 Å². The number of Topliss-reactive ketones (excluding diaryl/α,β-unsaturated/α-hetero) is 1. The van der Waals surface area contributed by atoms with Crippen molar-refractivity contribution in [3.8, 4) is 0 Å². The lowest BCUT2D eigenvalue weighted by Crippen LogP contribution is -2.16. The normalized spacial score (nSPS) is 12.4. The van der Waals surface area contributed by atoms with Gasteiger partial charge in [-0.25, -0.2) is 8.78 Å². The number of carbonyl (C=O) groups excluding carboxylic acids is 1. The maximum Gasteiger partial charge on any atom is 0.191 e. The average molecular weight is 297 g/mol. The van der Waals surface area contributed by atoms with Crippen LogP contribution < -0.4 is 0 Å². The lowest BCUT2D eigenvalue weighted by molar-refractivity contribution is 0.0990. The molecule has 0 aliphatic carbocycles. The SMILES string of the molecule is Cc1nnc(SC(C)C(=O)c2ccc(F)cc2F)n1C. The molecular weight excluding hydrogens is 284 g/mol. The van der Waals surface area contributed by atoms with E-state index >= 15 is 0 Å². The van der Waals surface area contributed by atoms with E-state index in [0.717, 1.165) is 18.0 Å². The maximum absolute atomic E-state index is 13.6. The van der Waals surface area contributed by atoms with Crippen molar-refractivity contribution in [3.63, 3.8) is 0 Å². The molecule has 1 aromatic heterocycles. The van der Waals surface area contributed by atoms with Crippen LogP contribution in [0.15, 0.2) is 23.4 Å². The van der Waals surface area contributed by atoms with Crippen molar-refractivity contribution in [2.75, 3.05) is 0 Å². The number of benzene rings is 1. The summed E-state index contributed by atoms with van der Waals surface area (Å²) in [7, 11) is 1.79. The number of halogens is 2. The van der Waals surface area contributed by atoms with E-state index in [1.54, 1.807) is 25.5 Å². The summed E-state index contributed by atoms with van der Waals surface area (Å²) < 4.78 is 28.2. The number of thioether (sulfide) groups is 1. The van der Waals surface area contributed by atoms with Crippen LogP contribution in [0.4, 0.5) is 8.78 Å². The zero-order valence-corrected chi connectivity index (χ0v) is 12.0. The molecule has 0 saturated heterocycles. The molecule has 1 atom stereocenters. The van der Waals surface area contributed by atoms with Gasteiger partial charge < -0.3 is 4.57 Å². The Kier molecular flexibility index (Phi) is 4.17. The highest BCUT2D eigenvalue weighted by molar-refractivity contribution is 8.00. The van der Waals surface area contributed by atoms with Gasteiger partial charge in [0.05, 0.1) is 10.8 Å². The second-order valence-corrected chi connectivity index (χ2v) is 5.65. The van der Waals surface area contributed by atoms with Crippen LogP contribution in [0.3, 0.4) is 0 Å². The molecule has 2 aromatic rings. The highest BCUT2D eigenvalue weighted by atomic mass is 32.2. The van der Waals surface area contributed by atoms with E-state index in [4.69, 9.17) is 0 Å². The van der Waals surface area contributed by atoms with Gasteiger partial charge in [-0.1, -0.05) is 11.8 Å². The molecular formula is C13H13F2N3OS. The summed E-state index contributed by atoms with van der Waals surface area (Å²) in [5, 5.41) is 7.86. The van der Waals surface area contributed by atoms with E-state index in [1.807, 2.05) is 0 Å². The van der Waals surface area contributed by atoms with Crippen molar-refractivity contribution in [2.45, 2.75) is 24.3 Å². The van der Waals surface area contributed by atoms with Gasteiger partial charge in [-0.15, -0.1) is 10.2 Å². The second kappa shape index (κ2) is 5.70. The number of hydrogen-bond acceptors (Lipinski definition) is 4. The van der Waals surface area contributed by atoms with E-state index in [1.165, 1.54) is 11.8 Å². The highest BCUT2D eigenvalue weighted by Crippen LogP contribution is 2.25. The Morgan fingerprint density at radius 1 is 1.35 bits per heavy atom. The van der Waals surface area contributed by atoms with E-state index < -0.39 is 22.7 Å². The van der Waals surface area contributed by atoms with Crippen molar-refractivity contribution in [1.82, 2.24) is 14.8 Å². The van der Waals surface area contributed by atoms with E-state index in [9.17, 15) is 13.6 Å². The number of ketones is 1. The second-order valence-electron chi connectivity index (χ2n) is 4.34. The van der Waals surface area contributed by atoms with Gasteiger partial charge in [0.1, 0.15) is 17.5 Å². The average Bonchev–Trinajstić information content (AvgIpc) is 2.70. The first-order valence-corrected chi connectivity index (χ1v) is 6.80. The van der Waals surface area contributed by atoms with Crippen LogP contribution in [0.2, 0.25) is 0 Å². The molecule has 1 heterocycles. The molecule has 0 fully saturated rings. The number of aromatic nitrogens is 3. The zero-order valence-electron chi connectivity index (χ0n) is 11.2. The zero-order chi connectivity index (χ0) is 14.9. The van der Waals surface area contributed by atoms with Crippen molar-refractivity contribution in [2.24, 2.45) is 7.05 Å². The largest absolute Gasteiger partial charge is 0.309 e. The lowest BCUT2D eigenvalue weighted by atomic mass is 10.1. The predicted octanol–water partition coefficient (Wildman–Crippen LogP) is 2.77. The summed E-state index contributed by atoms with van der Waals surface area (Å²) in [4.78, 5) is 12.2. The van der Waals surface area contributed by atoms with Crippen molar-refractivity contribution in [1.29, 1.82) is 0 Å². The van der Waals surface area contributed by atoms with Crippen LogP contribution in [-0.4, -0.2) is 25.8 Å². The first-order valence-electron chi connectivity index (χ1n) is 5.92. The monoisotopic (exact) mass is 297 g/mol. The Bertz CT molecular complexity index is 657. The van der Waals surface area contributed by atoms with Crippen LogP contribution in [-0.2, 0) is 7.05 Å². The smallest absolute Gasteiger partial charge is 0.191 e. The Balaban J connectivity index is 2.18. The molecule has 0 bridgehead atoms. The first-order chi connectivity index (χ1) is 9.40. The standard InChI is InChI=1S/C13H13F2N3OS/c1-7(20-13-17-16-8(2)18(13)3)12(19)10-5-4-9(14)6-11(10)15/h4-7H,1-3H3. The minimum atomic E-state index is -0.850. The third-order valence-corrected chi connectivity index (χ3v) is 4.03. The summed E-state index contributed by atoms with van der Waals surface area (Å²) in [6.45, 7) is 3.45. The summed E-state index contributed by atoms with van der Waals surface area (Å²) in [5.41, 5.74) is -0.120. The summed E-state index contributed by atoms with van der Waals surface area (Å²) in [6.07, 6.45) is 0. The third-order valence-electron chi connectivity index (χ3n) is 2.90. The minimum absolute atomic E-state index is 0.120. The van der Waals surface area contributed by atoms with Crippen LogP contribution in [0.5, 0.6) is 0 Å². The summed E-state index contributed by atoms with van der Waals surface area (Å²) >= 11 is 1.19. The van der Waals surface area contributed by atoms with Crippen LogP contribution in [0.25, 0.3) is 0 Å². The van der Waals surface area contributed by atoms with E-state index in [2.05, 4.69) is 10.2 Å². The topological polar surface area (TPSA) is 47.8 Å². The summed E-state index contributed by atoms with van der Waals surface area (Å²) in [6, 6.07) is 2.93. The van der Waals surface area contributed by atoms with Crippen molar-refractivity contribution < 1.29 is 13.6 Å². The fourth-order valence-electron chi connectivity index (χ4n) is 1.61. The lowest BCUT2D eigenvalue weighted by Gasteiger charge is -2.10. The van der Waals surface area contributed by atoms with Gasteiger partial charge in [0.25, 0.3) is 0 Å². The fourth-order valence-corrected chi connectivity index (χ4v) is 2.54. The quantitative estimate of drug-likeness (QED) is 0.643. The van der Waals surface area contributed by atoms with E-state index in [-0.39, 0.29) is 5.56 Å². The van der Waals surface area contributed by atoms with Crippen LogP contribution in [0, 0.1) is 18.6 Å². The molecule has 0 saturated carbocycles. The Morgan fingerprint density at radius 3 is 2.60 bits per heavy atom. The predicted molar refractivity (Wildman–Crippen MR) is 71.7 cm³/mol. The highest BCUT2D eigenvalue weighted by Gasteiger charge is 2.22. The first kappa shape index (κ1) is 14.6. The summed E-state index contributed by atoms with van der Waals surface area (Å²) in [5.74, 6) is -1.24. The van der Waals surface area contributed by atoms with Gasteiger partial charge in [0, 0.05) is 13.1 Å². The number of nitrogens with zero attached hydrogens (tertiary/aromatic N) is 3. The molecule has 1 aromatic carbocycles. The van der Waals surface area contributed by atoms with Crippen molar-refractivity contribution >= 4 is 17.5 Å². The Morgan fingerprint density at radius 2 is 2.05 bits per heavy atom. The third kappa shape index (κ3) is 2.87. The molecule has 20 heavy (non-hydrogen) atoms. The van der Waals surface area contributed by atoms with Gasteiger partial charge in [-0.05, 0) is 26.0 Å². The number of aryl methyl sites for hydroxylation is 1. The molecule has 0 spiro atoms. The molecule has 0 aliphatic rings. The molecule has 1 unspecified atom stereocenters. The van der Waals surface area contributed by atoms with Crippen LogP contribution in [0.1, 0.15) is 23.1 Å². The van der Waals surface area contributed by atoms with Crippen LogP contribution >= 0.6 is 11.8 Å². The number of carbonyl (C=O) groups is 1. The molecule has 0 aliphatic heterocycles. The van der Waals surface area contributed by atoms with Gasteiger partial charge in [-0.3, -0.25) is 4.79 Å². The Hall–Kier alpha value is -1.76. The molecule has 4 nitrogen and oxygen atoms in total. The van der Waals surface area contributed by atoms with Gasteiger partial charge in [0.15, 0.2) is 10.9 Å². The maximum atomic E-state index is 13.6. The molecule has 106 valence electrons. The minimum Gasteiger partial charge on any atom is -0.309 e. The van der Waals surface area contributed by atoms with Gasteiger partial charge >= 0.3 is 0 Å². The number of hydrogen-bond donors (Lipinski definition) is 0. The molecule has 0 N–H and O–H groups in total. The molecule has 2 rings (SSSR count). The molecule has 7 heteroatoms.